The number of rotatable bonds is 7. The highest BCUT2D eigenvalue weighted by Gasteiger charge is 2.52. The molecular weight excluding hydrogens is 540 g/mol. The Morgan fingerprint density at radius 1 is 1.05 bits per heavy atom. The summed E-state index contributed by atoms with van der Waals surface area (Å²) in [6, 6.07) is 9.09. The molecule has 2 fully saturated rings. The summed E-state index contributed by atoms with van der Waals surface area (Å²) in [5.41, 5.74) is 3.52. The Kier molecular flexibility index (Phi) is 8.20. The van der Waals surface area contributed by atoms with E-state index < -0.39 is 10.1 Å². The number of benzene rings is 2. The Bertz CT molecular complexity index is 1420. The predicted octanol–water partition coefficient (Wildman–Crippen LogP) is 5.32. The molecule has 2 unspecified atom stereocenters. The lowest BCUT2D eigenvalue weighted by atomic mass is 9.71. The largest absolute Gasteiger partial charge is 0.493 e. The van der Waals surface area contributed by atoms with E-state index >= 15 is 0 Å². The minimum Gasteiger partial charge on any atom is -0.493 e. The summed E-state index contributed by atoms with van der Waals surface area (Å²) in [5.74, 6) is 2.72. The van der Waals surface area contributed by atoms with Crippen molar-refractivity contribution in [1.82, 2.24) is 10.2 Å². The molecule has 0 aromatic heterocycles. The molecule has 5 rings (SSSR count). The number of aryl methyl sites for hydroxylation is 1. The third-order valence-electron chi connectivity index (χ3n) is 8.99. The van der Waals surface area contributed by atoms with Gasteiger partial charge in [0.1, 0.15) is 11.9 Å². The number of methoxy groups -OCH3 is 2. The standard InChI is InChI=1S/C32H44N2O6S/c1-17(2)11-21-15-34-16-25(23-12-19(5)9-10-28(23)41(35,36)37)22-13-26(38-7)27(39-8)14-24(22)31(34)30-32(21)40-20(6)29(33-30)18(3)4/h9-10,12-14,17-18,21,25,29-33H,6,11,15-16H2,1-5,7-8H3,(H,35,36,37)/t21-,25?,29+,30?,31+,32+/m1/s1. The highest BCUT2D eigenvalue weighted by molar-refractivity contribution is 7.85. The summed E-state index contributed by atoms with van der Waals surface area (Å²) in [5, 5.41) is 3.94. The third-order valence-corrected chi connectivity index (χ3v) is 9.91. The van der Waals surface area contributed by atoms with Gasteiger partial charge in [0.25, 0.3) is 10.1 Å². The van der Waals surface area contributed by atoms with Crippen LogP contribution < -0.4 is 14.8 Å². The Hall–Kier alpha value is -2.59. The van der Waals surface area contributed by atoms with E-state index in [1.165, 1.54) is 6.07 Å². The van der Waals surface area contributed by atoms with Crippen molar-refractivity contribution in [1.29, 1.82) is 0 Å². The van der Waals surface area contributed by atoms with E-state index in [-0.39, 0.29) is 41.0 Å². The maximum Gasteiger partial charge on any atom is 0.294 e. The average molecular weight is 585 g/mol. The fourth-order valence-electron chi connectivity index (χ4n) is 7.32. The van der Waals surface area contributed by atoms with E-state index in [2.05, 4.69) is 44.5 Å². The van der Waals surface area contributed by atoms with E-state index in [1.54, 1.807) is 20.3 Å². The van der Waals surface area contributed by atoms with E-state index in [1.807, 2.05) is 25.1 Å². The number of ether oxygens (including phenoxy) is 3. The van der Waals surface area contributed by atoms with Gasteiger partial charge in [-0.05, 0) is 60.1 Å². The molecule has 0 radical (unpaired) electrons. The van der Waals surface area contributed by atoms with Crippen molar-refractivity contribution < 1.29 is 27.2 Å². The van der Waals surface area contributed by atoms with E-state index in [4.69, 9.17) is 14.2 Å². The van der Waals surface area contributed by atoms with Crippen molar-refractivity contribution in [2.75, 3.05) is 27.3 Å². The fourth-order valence-corrected chi connectivity index (χ4v) is 8.06. The lowest BCUT2D eigenvalue weighted by Gasteiger charge is -2.56. The molecule has 0 spiro atoms. The molecule has 8 nitrogen and oxygen atoms in total. The molecule has 2 saturated heterocycles. The number of fused-ring (bicyclic) bond motifs is 5. The molecule has 2 aromatic carbocycles. The second-order valence-corrected chi connectivity index (χ2v) is 14.0. The van der Waals surface area contributed by atoms with Gasteiger partial charge in [0, 0.05) is 24.9 Å². The van der Waals surface area contributed by atoms with Crippen molar-refractivity contribution >= 4 is 10.1 Å². The molecule has 3 heterocycles. The van der Waals surface area contributed by atoms with Crippen molar-refractivity contribution in [2.24, 2.45) is 17.8 Å². The first-order chi connectivity index (χ1) is 19.3. The number of morpholine rings is 1. The zero-order chi connectivity index (χ0) is 29.8. The summed E-state index contributed by atoms with van der Waals surface area (Å²) in [4.78, 5) is 2.42. The van der Waals surface area contributed by atoms with E-state index in [0.29, 0.717) is 35.4 Å². The van der Waals surface area contributed by atoms with Crippen molar-refractivity contribution in [2.45, 2.75) is 76.1 Å². The smallest absolute Gasteiger partial charge is 0.294 e. The van der Waals surface area contributed by atoms with Gasteiger partial charge in [0.2, 0.25) is 0 Å². The number of hydrogen-bond acceptors (Lipinski definition) is 7. The Morgan fingerprint density at radius 3 is 2.29 bits per heavy atom. The topological polar surface area (TPSA) is 97.3 Å². The minimum atomic E-state index is -4.45. The van der Waals surface area contributed by atoms with Crippen LogP contribution in [0, 0.1) is 24.7 Å². The lowest BCUT2D eigenvalue weighted by molar-refractivity contribution is -0.0971. The molecule has 0 aliphatic carbocycles. The van der Waals surface area contributed by atoms with Crippen LogP contribution >= 0.6 is 0 Å². The zero-order valence-corrected chi connectivity index (χ0v) is 26.0. The quantitative estimate of drug-likeness (QED) is 0.422. The van der Waals surface area contributed by atoms with Crippen LogP contribution in [0.3, 0.4) is 0 Å². The van der Waals surface area contributed by atoms with Gasteiger partial charge in [0.05, 0.1) is 37.2 Å². The van der Waals surface area contributed by atoms with Crippen molar-refractivity contribution in [3.05, 3.63) is 64.9 Å². The highest BCUT2D eigenvalue weighted by Crippen LogP contribution is 2.51. The predicted molar refractivity (Wildman–Crippen MR) is 159 cm³/mol. The molecule has 0 bridgehead atoms. The first-order valence-corrected chi connectivity index (χ1v) is 16.0. The van der Waals surface area contributed by atoms with Crippen LogP contribution in [0.4, 0.5) is 0 Å². The molecule has 2 N–H and O–H groups in total. The number of hydrogen-bond donors (Lipinski definition) is 2. The van der Waals surface area contributed by atoms with Gasteiger partial charge in [-0.3, -0.25) is 14.8 Å². The van der Waals surface area contributed by atoms with Gasteiger partial charge >= 0.3 is 0 Å². The first-order valence-electron chi connectivity index (χ1n) is 14.5. The minimum absolute atomic E-state index is 0.0123. The van der Waals surface area contributed by atoms with Crippen molar-refractivity contribution in [3.63, 3.8) is 0 Å². The summed E-state index contributed by atoms with van der Waals surface area (Å²) >= 11 is 0. The lowest BCUT2D eigenvalue weighted by Crippen LogP contribution is -2.67. The average Bonchev–Trinajstić information content (AvgIpc) is 2.90. The number of nitrogens with zero attached hydrogens (tertiary/aromatic N) is 1. The monoisotopic (exact) mass is 584 g/mol. The summed E-state index contributed by atoms with van der Waals surface area (Å²) in [7, 11) is -1.21. The van der Waals surface area contributed by atoms with Crippen LogP contribution in [-0.4, -0.2) is 63.4 Å². The SMILES string of the molecule is C=C1O[C@@H]2C(N[C@H]1C(C)C)[C@@H]1c3cc(OC)c(OC)cc3C(c3cc(C)ccc3S(=O)(=O)O)CN1C[C@H]2CC(C)C. The Morgan fingerprint density at radius 2 is 1.71 bits per heavy atom. The third kappa shape index (κ3) is 5.49. The molecule has 0 saturated carbocycles. The zero-order valence-electron chi connectivity index (χ0n) is 25.2. The maximum absolute atomic E-state index is 12.6. The van der Waals surface area contributed by atoms with Crippen LogP contribution in [0.25, 0.3) is 0 Å². The first kappa shape index (κ1) is 29.9. The van der Waals surface area contributed by atoms with Gasteiger partial charge in [-0.25, -0.2) is 0 Å². The van der Waals surface area contributed by atoms with Gasteiger partial charge in [-0.1, -0.05) is 52.0 Å². The van der Waals surface area contributed by atoms with Crippen LogP contribution in [0.15, 0.2) is 47.6 Å². The van der Waals surface area contributed by atoms with E-state index in [0.717, 1.165) is 35.4 Å². The van der Waals surface area contributed by atoms with Crippen LogP contribution in [0.1, 0.15) is 68.3 Å². The molecule has 0 amide bonds. The van der Waals surface area contributed by atoms with Gasteiger partial charge in [0.15, 0.2) is 11.5 Å². The Balaban J connectivity index is 1.72. The van der Waals surface area contributed by atoms with Gasteiger partial charge in [-0.15, -0.1) is 0 Å². The van der Waals surface area contributed by atoms with Gasteiger partial charge in [-0.2, -0.15) is 8.42 Å². The second-order valence-electron chi connectivity index (χ2n) is 12.7. The molecular formula is C32H44N2O6S. The fraction of sp³-hybridized carbons (Fsp3) is 0.562. The molecule has 41 heavy (non-hydrogen) atoms. The molecule has 2 aromatic rings. The molecule has 9 heteroatoms. The number of nitrogens with one attached hydrogen (secondary N) is 1. The summed E-state index contributed by atoms with van der Waals surface area (Å²) in [6.07, 6.45) is 0.946. The molecule has 3 aliphatic rings. The van der Waals surface area contributed by atoms with Crippen molar-refractivity contribution in [3.8, 4) is 11.5 Å². The number of piperidine rings is 1. The van der Waals surface area contributed by atoms with Gasteiger partial charge < -0.3 is 14.2 Å². The molecule has 224 valence electrons. The second kappa shape index (κ2) is 11.2. The van der Waals surface area contributed by atoms with Crippen LogP contribution in [-0.2, 0) is 14.9 Å². The summed E-state index contributed by atoms with van der Waals surface area (Å²) in [6.45, 7) is 16.4. The van der Waals surface area contributed by atoms with Crippen LogP contribution in [0.2, 0.25) is 0 Å². The maximum atomic E-state index is 12.6. The van der Waals surface area contributed by atoms with E-state index in [9.17, 15) is 13.0 Å². The molecule has 3 aliphatic heterocycles. The Labute approximate surface area is 244 Å². The molecule has 6 atom stereocenters. The van der Waals surface area contributed by atoms with Crippen LogP contribution in [0.5, 0.6) is 11.5 Å². The summed E-state index contributed by atoms with van der Waals surface area (Å²) < 4.78 is 53.6. The highest BCUT2D eigenvalue weighted by atomic mass is 32.2. The normalized spacial score (nSPS) is 28.1.